The number of amides is 3. The molecule has 0 aromatic heterocycles. The van der Waals surface area contributed by atoms with E-state index in [2.05, 4.69) is 5.32 Å². The number of para-hydroxylation sites is 1. The molecule has 0 saturated carbocycles. The Morgan fingerprint density at radius 1 is 1.06 bits per heavy atom. The number of carbonyl (C=O) groups is 3. The molecule has 3 amide bonds. The third kappa shape index (κ3) is 2.66. The Bertz CT molecular complexity index is 1080. The molecule has 2 aromatic rings. The van der Waals surface area contributed by atoms with Gasteiger partial charge in [-0.05, 0) is 23.8 Å². The Morgan fingerprint density at radius 3 is 2.45 bits per heavy atom. The van der Waals surface area contributed by atoms with Gasteiger partial charge in [0.05, 0.1) is 19.3 Å². The molecule has 2 saturated heterocycles. The quantitative estimate of drug-likeness (QED) is 0.728. The van der Waals surface area contributed by atoms with Gasteiger partial charge in [-0.2, -0.15) is 0 Å². The highest BCUT2D eigenvalue weighted by Crippen LogP contribution is 2.50. The first kappa shape index (κ1) is 19.8. The third-order valence-electron chi connectivity index (χ3n) is 7.07. The van der Waals surface area contributed by atoms with Crippen molar-refractivity contribution in [2.24, 2.45) is 17.8 Å². The average molecular weight is 420 g/mol. The number of ether oxygens (including phenoxy) is 1. The minimum Gasteiger partial charge on any atom is -0.497 e. The molecule has 0 bridgehead atoms. The lowest BCUT2D eigenvalue weighted by Gasteiger charge is -2.27. The minimum absolute atomic E-state index is 0.130. The van der Waals surface area contributed by atoms with Crippen LogP contribution in [0.3, 0.4) is 0 Å². The third-order valence-corrected chi connectivity index (χ3v) is 7.07. The summed E-state index contributed by atoms with van der Waals surface area (Å²) in [4.78, 5) is 41.9. The van der Waals surface area contributed by atoms with Crippen molar-refractivity contribution >= 4 is 23.4 Å². The number of hydrogen-bond acceptors (Lipinski definition) is 4. The number of anilines is 1. The molecular weight excluding hydrogens is 394 g/mol. The van der Waals surface area contributed by atoms with Crippen LogP contribution < -0.4 is 15.4 Å². The van der Waals surface area contributed by atoms with Gasteiger partial charge in [-0.3, -0.25) is 19.3 Å². The second-order valence-electron chi connectivity index (χ2n) is 8.97. The number of methoxy groups -OCH3 is 1. The number of rotatable bonds is 4. The Labute approximate surface area is 180 Å². The molecular formula is C24H26N3O4+. The summed E-state index contributed by atoms with van der Waals surface area (Å²) in [6.07, 6.45) is 0. The number of quaternary nitrogens is 1. The molecule has 3 N–H and O–H groups in total. The van der Waals surface area contributed by atoms with Crippen LogP contribution in [-0.4, -0.2) is 35.8 Å². The van der Waals surface area contributed by atoms with Gasteiger partial charge in [0.2, 0.25) is 17.4 Å². The SMILES string of the molecule is COc1ccc(CN2C(=O)[C@H]3[C@@H](C2=O)[C@@]2([NH2+][C@H]3C(C)C)C(=O)Nc3ccccc32)cc1. The molecule has 3 aliphatic heterocycles. The van der Waals surface area contributed by atoms with Crippen LogP contribution in [0.25, 0.3) is 0 Å². The molecule has 0 radical (unpaired) electrons. The van der Waals surface area contributed by atoms with Crippen LogP contribution in [0.4, 0.5) is 5.69 Å². The van der Waals surface area contributed by atoms with Gasteiger partial charge in [0.15, 0.2) is 0 Å². The van der Waals surface area contributed by atoms with Crippen molar-refractivity contribution in [3.05, 3.63) is 59.7 Å². The van der Waals surface area contributed by atoms with E-state index in [1.165, 1.54) is 4.90 Å². The average Bonchev–Trinajstić information content (AvgIpc) is 3.35. The highest BCUT2D eigenvalue weighted by Gasteiger charge is 2.74. The zero-order valence-electron chi connectivity index (χ0n) is 17.8. The lowest BCUT2D eigenvalue weighted by atomic mass is 9.76. The van der Waals surface area contributed by atoms with E-state index in [1.54, 1.807) is 7.11 Å². The Hall–Kier alpha value is -3.19. The predicted octanol–water partition coefficient (Wildman–Crippen LogP) is 1.25. The van der Waals surface area contributed by atoms with Crippen LogP contribution in [0.15, 0.2) is 48.5 Å². The lowest BCUT2D eigenvalue weighted by molar-refractivity contribution is -0.738. The second-order valence-corrected chi connectivity index (χ2v) is 8.97. The molecule has 160 valence electrons. The van der Waals surface area contributed by atoms with E-state index < -0.39 is 17.4 Å². The standard InChI is InChI=1S/C24H25N3O4/c1-13(2)20-18-19(24(26-20)16-6-4-5-7-17(16)25-23(24)30)22(29)27(21(18)28)12-14-8-10-15(31-3)11-9-14/h4-11,13,18-20,26H,12H2,1-3H3,(H,25,30)/p+1/t18-,19-,20-,24+/m0/s1. The number of imide groups is 1. The van der Waals surface area contributed by atoms with Crippen molar-refractivity contribution in [1.82, 2.24) is 4.90 Å². The van der Waals surface area contributed by atoms with E-state index in [1.807, 2.05) is 67.7 Å². The summed E-state index contributed by atoms with van der Waals surface area (Å²) < 4.78 is 5.19. The van der Waals surface area contributed by atoms with Crippen LogP contribution in [0.5, 0.6) is 5.75 Å². The number of hydrogen-bond donors (Lipinski definition) is 2. The van der Waals surface area contributed by atoms with Crippen LogP contribution in [0.1, 0.15) is 25.0 Å². The number of benzene rings is 2. The summed E-state index contributed by atoms with van der Waals surface area (Å²) in [6, 6.07) is 14.7. The smallest absolute Gasteiger partial charge is 0.291 e. The van der Waals surface area contributed by atoms with Crippen LogP contribution in [0.2, 0.25) is 0 Å². The molecule has 5 rings (SSSR count). The van der Waals surface area contributed by atoms with Crippen LogP contribution in [0, 0.1) is 17.8 Å². The first-order chi connectivity index (χ1) is 14.9. The van der Waals surface area contributed by atoms with Gasteiger partial charge >= 0.3 is 0 Å². The van der Waals surface area contributed by atoms with Crippen molar-refractivity contribution in [3.63, 3.8) is 0 Å². The van der Waals surface area contributed by atoms with Crippen molar-refractivity contribution in [2.45, 2.75) is 32.0 Å². The molecule has 7 nitrogen and oxygen atoms in total. The number of nitrogens with two attached hydrogens (primary N) is 1. The highest BCUT2D eigenvalue weighted by atomic mass is 16.5. The fourth-order valence-corrected chi connectivity index (χ4v) is 5.58. The number of nitrogens with one attached hydrogen (secondary N) is 1. The maximum atomic E-state index is 13.7. The number of nitrogens with zero attached hydrogens (tertiary/aromatic N) is 1. The van der Waals surface area contributed by atoms with Crippen molar-refractivity contribution < 1.29 is 24.4 Å². The van der Waals surface area contributed by atoms with Gasteiger partial charge in [0.1, 0.15) is 23.6 Å². The summed E-state index contributed by atoms with van der Waals surface area (Å²) in [5.41, 5.74) is 1.27. The molecule has 0 unspecified atom stereocenters. The number of carbonyl (C=O) groups excluding carboxylic acids is 3. The molecule has 7 heteroatoms. The maximum Gasteiger partial charge on any atom is 0.291 e. The second kappa shape index (κ2) is 6.92. The monoisotopic (exact) mass is 420 g/mol. The first-order valence-corrected chi connectivity index (χ1v) is 10.6. The molecule has 2 aromatic carbocycles. The molecule has 2 fully saturated rings. The van der Waals surface area contributed by atoms with Gasteiger partial charge in [-0.25, -0.2) is 0 Å². The van der Waals surface area contributed by atoms with E-state index in [9.17, 15) is 14.4 Å². The molecule has 0 aliphatic carbocycles. The first-order valence-electron chi connectivity index (χ1n) is 10.6. The molecule has 3 heterocycles. The number of fused-ring (bicyclic) bond motifs is 4. The Kier molecular flexibility index (Phi) is 4.41. The molecule has 1 spiro atoms. The van der Waals surface area contributed by atoms with E-state index in [0.29, 0.717) is 5.75 Å². The van der Waals surface area contributed by atoms with E-state index >= 15 is 0 Å². The van der Waals surface area contributed by atoms with E-state index in [4.69, 9.17) is 4.74 Å². The fraction of sp³-hybridized carbons (Fsp3) is 0.375. The molecule has 31 heavy (non-hydrogen) atoms. The van der Waals surface area contributed by atoms with Crippen molar-refractivity contribution in [3.8, 4) is 5.75 Å². The van der Waals surface area contributed by atoms with Gasteiger partial charge in [-0.1, -0.05) is 44.2 Å². The highest BCUT2D eigenvalue weighted by molar-refractivity contribution is 6.13. The Morgan fingerprint density at radius 2 is 1.77 bits per heavy atom. The minimum atomic E-state index is -1.10. The zero-order chi connectivity index (χ0) is 21.9. The summed E-state index contributed by atoms with van der Waals surface area (Å²) in [7, 11) is 1.59. The van der Waals surface area contributed by atoms with Gasteiger partial charge in [0.25, 0.3) is 5.91 Å². The van der Waals surface area contributed by atoms with Crippen molar-refractivity contribution in [2.75, 3.05) is 12.4 Å². The fourth-order valence-electron chi connectivity index (χ4n) is 5.58. The van der Waals surface area contributed by atoms with E-state index in [-0.39, 0.29) is 36.2 Å². The van der Waals surface area contributed by atoms with Crippen LogP contribution in [-0.2, 0) is 26.5 Å². The van der Waals surface area contributed by atoms with Crippen molar-refractivity contribution in [1.29, 1.82) is 0 Å². The Balaban J connectivity index is 1.56. The number of likely N-dealkylation sites (tertiary alicyclic amines) is 1. The van der Waals surface area contributed by atoms with Gasteiger partial charge < -0.3 is 15.4 Å². The predicted molar refractivity (Wildman–Crippen MR) is 113 cm³/mol. The molecule has 4 atom stereocenters. The zero-order valence-corrected chi connectivity index (χ0v) is 17.8. The van der Waals surface area contributed by atoms with Gasteiger partial charge in [-0.15, -0.1) is 0 Å². The summed E-state index contributed by atoms with van der Waals surface area (Å²) >= 11 is 0. The maximum absolute atomic E-state index is 13.7. The molecule has 3 aliphatic rings. The van der Waals surface area contributed by atoms with Gasteiger partial charge in [0, 0.05) is 11.5 Å². The van der Waals surface area contributed by atoms with E-state index in [0.717, 1.165) is 16.8 Å². The normalized spacial score (nSPS) is 29.0. The topological polar surface area (TPSA) is 92.3 Å². The largest absolute Gasteiger partial charge is 0.497 e. The summed E-state index contributed by atoms with van der Waals surface area (Å²) in [5.74, 6) is -1.05. The summed E-state index contributed by atoms with van der Waals surface area (Å²) in [5, 5.41) is 4.93. The summed E-state index contributed by atoms with van der Waals surface area (Å²) in [6.45, 7) is 4.28. The van der Waals surface area contributed by atoms with Crippen LogP contribution >= 0.6 is 0 Å². The lowest BCUT2D eigenvalue weighted by Crippen LogP contribution is -2.99.